The Bertz CT molecular complexity index is 1450. The second kappa shape index (κ2) is 10.2. The van der Waals surface area contributed by atoms with Crippen LogP contribution in [0.3, 0.4) is 0 Å². The fourth-order valence-electron chi connectivity index (χ4n) is 4.49. The first-order chi connectivity index (χ1) is 17.8. The smallest absolute Gasteiger partial charge is 0.482 e. The van der Waals surface area contributed by atoms with Gasteiger partial charge in [-0.3, -0.25) is 4.31 Å². The fraction of sp³-hybridized carbons (Fsp3) is 0.296. The monoisotopic (exact) mass is 549 g/mol. The predicted octanol–water partition coefficient (Wildman–Crippen LogP) is 5.97. The fourth-order valence-corrected chi connectivity index (χ4v) is 6.09. The zero-order valence-corrected chi connectivity index (χ0v) is 21.6. The van der Waals surface area contributed by atoms with E-state index in [2.05, 4.69) is 4.74 Å². The molecule has 202 valence electrons. The van der Waals surface area contributed by atoms with Crippen molar-refractivity contribution in [2.24, 2.45) is 5.92 Å². The van der Waals surface area contributed by atoms with Crippen LogP contribution in [0.15, 0.2) is 65.6 Å². The van der Waals surface area contributed by atoms with Gasteiger partial charge in [-0.25, -0.2) is 13.2 Å². The number of carbonyl (C=O) groups is 1. The van der Waals surface area contributed by atoms with Crippen molar-refractivity contribution in [3.05, 3.63) is 71.8 Å². The maximum absolute atomic E-state index is 13.7. The summed E-state index contributed by atoms with van der Waals surface area (Å²) in [6.45, 7) is 5.33. The standard InChI is InChI=1S/C27H26F3NO6S/c1-16(2)23-14-31(38(34,35)21-9-11-25(17(3)12-21)36-15-26(32)33)24-10-6-19(13-22(23)24)18-4-7-20(8-5-18)37-27(28,29)30/h4-13,16,23H,14-15H2,1-3H3,(H,32,33). The van der Waals surface area contributed by atoms with E-state index in [1.807, 2.05) is 19.9 Å². The number of rotatable bonds is 8. The first-order valence-corrected chi connectivity index (χ1v) is 13.2. The van der Waals surface area contributed by atoms with Crippen LogP contribution in [0.2, 0.25) is 0 Å². The van der Waals surface area contributed by atoms with Crippen molar-refractivity contribution in [3.8, 4) is 22.6 Å². The molecule has 0 amide bonds. The number of hydrogen-bond donors (Lipinski definition) is 1. The van der Waals surface area contributed by atoms with Gasteiger partial charge in [0.25, 0.3) is 10.0 Å². The first kappa shape index (κ1) is 27.3. The molecule has 3 aromatic carbocycles. The number of halogens is 3. The summed E-state index contributed by atoms with van der Waals surface area (Å²) < 4.78 is 75.4. The minimum Gasteiger partial charge on any atom is -0.482 e. The molecule has 1 atom stereocenters. The number of ether oxygens (including phenoxy) is 2. The summed E-state index contributed by atoms with van der Waals surface area (Å²) in [6.07, 6.45) is -4.78. The minimum atomic E-state index is -4.78. The number of fused-ring (bicyclic) bond motifs is 1. The van der Waals surface area contributed by atoms with E-state index in [4.69, 9.17) is 9.84 Å². The van der Waals surface area contributed by atoms with Crippen molar-refractivity contribution >= 4 is 21.7 Å². The van der Waals surface area contributed by atoms with Gasteiger partial charge in [0.05, 0.1) is 10.6 Å². The first-order valence-electron chi connectivity index (χ1n) is 11.7. The van der Waals surface area contributed by atoms with E-state index >= 15 is 0 Å². The summed E-state index contributed by atoms with van der Waals surface area (Å²) in [5.74, 6) is -1.18. The van der Waals surface area contributed by atoms with Gasteiger partial charge < -0.3 is 14.6 Å². The highest BCUT2D eigenvalue weighted by molar-refractivity contribution is 7.92. The van der Waals surface area contributed by atoms with Gasteiger partial charge in [-0.2, -0.15) is 0 Å². The van der Waals surface area contributed by atoms with Gasteiger partial charge in [-0.05, 0) is 77.6 Å². The number of aryl methyl sites for hydroxylation is 1. The molecular formula is C27H26F3NO6S. The molecule has 11 heteroatoms. The van der Waals surface area contributed by atoms with Crippen LogP contribution < -0.4 is 13.8 Å². The number of carboxylic acid groups (broad SMARTS) is 1. The Morgan fingerprint density at radius 2 is 1.71 bits per heavy atom. The summed E-state index contributed by atoms with van der Waals surface area (Å²) in [4.78, 5) is 10.8. The second-order valence-electron chi connectivity index (χ2n) is 9.34. The molecule has 1 aliphatic rings. The maximum Gasteiger partial charge on any atom is 0.573 e. The van der Waals surface area contributed by atoms with Gasteiger partial charge in [0, 0.05) is 12.5 Å². The molecule has 1 unspecified atom stereocenters. The number of anilines is 1. The molecule has 0 bridgehead atoms. The van der Waals surface area contributed by atoms with Crippen LogP contribution in [-0.2, 0) is 14.8 Å². The summed E-state index contributed by atoms with van der Waals surface area (Å²) in [5, 5.41) is 8.83. The number of carboxylic acids is 1. The molecule has 0 spiro atoms. The largest absolute Gasteiger partial charge is 0.573 e. The van der Waals surface area contributed by atoms with Crippen LogP contribution in [0, 0.1) is 12.8 Å². The highest BCUT2D eigenvalue weighted by Gasteiger charge is 2.38. The molecule has 1 heterocycles. The van der Waals surface area contributed by atoms with Gasteiger partial charge >= 0.3 is 12.3 Å². The molecule has 7 nitrogen and oxygen atoms in total. The van der Waals surface area contributed by atoms with E-state index in [-0.39, 0.29) is 34.8 Å². The molecule has 0 fully saturated rings. The molecule has 0 radical (unpaired) electrons. The van der Waals surface area contributed by atoms with E-state index in [0.29, 0.717) is 16.8 Å². The predicted molar refractivity (Wildman–Crippen MR) is 135 cm³/mol. The zero-order valence-electron chi connectivity index (χ0n) is 20.8. The van der Waals surface area contributed by atoms with Gasteiger partial charge in [-0.15, -0.1) is 13.2 Å². The molecule has 1 aliphatic heterocycles. The number of sulfonamides is 1. The SMILES string of the molecule is Cc1cc(S(=O)(=O)N2CC(C(C)C)c3cc(-c4ccc(OC(F)(F)F)cc4)ccc32)ccc1OCC(=O)O. The number of alkyl halides is 3. The summed E-state index contributed by atoms with van der Waals surface area (Å²) >= 11 is 0. The van der Waals surface area contributed by atoms with E-state index in [1.54, 1.807) is 19.1 Å². The zero-order chi connectivity index (χ0) is 27.8. The number of benzene rings is 3. The molecule has 38 heavy (non-hydrogen) atoms. The Morgan fingerprint density at radius 1 is 1.05 bits per heavy atom. The Labute approximate surface area is 218 Å². The Morgan fingerprint density at radius 3 is 2.29 bits per heavy atom. The lowest BCUT2D eigenvalue weighted by Crippen LogP contribution is -2.30. The molecule has 0 saturated carbocycles. The van der Waals surface area contributed by atoms with Gasteiger partial charge in [-0.1, -0.05) is 32.0 Å². The lowest BCUT2D eigenvalue weighted by atomic mass is 9.88. The van der Waals surface area contributed by atoms with Gasteiger partial charge in [0.15, 0.2) is 6.61 Å². The molecule has 3 aromatic rings. The average molecular weight is 550 g/mol. The molecule has 4 rings (SSSR count). The topological polar surface area (TPSA) is 93.1 Å². The van der Waals surface area contributed by atoms with E-state index in [9.17, 15) is 26.4 Å². The molecule has 0 aliphatic carbocycles. The van der Waals surface area contributed by atoms with Crippen LogP contribution in [0.25, 0.3) is 11.1 Å². The van der Waals surface area contributed by atoms with Crippen molar-refractivity contribution in [2.45, 2.75) is 37.9 Å². The second-order valence-corrected chi connectivity index (χ2v) is 11.2. The van der Waals surface area contributed by atoms with E-state index in [0.717, 1.165) is 11.1 Å². The highest BCUT2D eigenvalue weighted by atomic mass is 32.2. The lowest BCUT2D eigenvalue weighted by molar-refractivity contribution is -0.274. The van der Waals surface area contributed by atoms with Crippen molar-refractivity contribution < 1.29 is 41.0 Å². The van der Waals surface area contributed by atoms with Crippen LogP contribution in [-0.4, -0.2) is 39.0 Å². The summed E-state index contributed by atoms with van der Waals surface area (Å²) in [5.41, 5.74) is 3.25. The number of nitrogens with zero attached hydrogens (tertiary/aromatic N) is 1. The third-order valence-electron chi connectivity index (χ3n) is 6.37. The number of hydrogen-bond acceptors (Lipinski definition) is 5. The van der Waals surface area contributed by atoms with Crippen molar-refractivity contribution in [1.29, 1.82) is 0 Å². The summed E-state index contributed by atoms with van der Waals surface area (Å²) in [6, 6.07) is 15.1. The lowest BCUT2D eigenvalue weighted by Gasteiger charge is -2.21. The maximum atomic E-state index is 13.7. The van der Waals surface area contributed by atoms with Crippen molar-refractivity contribution in [3.63, 3.8) is 0 Å². The van der Waals surface area contributed by atoms with Gasteiger partial charge in [0.1, 0.15) is 11.5 Å². The van der Waals surface area contributed by atoms with Crippen LogP contribution in [0.5, 0.6) is 11.5 Å². The molecule has 1 N–H and O–H groups in total. The molecular weight excluding hydrogens is 523 g/mol. The van der Waals surface area contributed by atoms with E-state index < -0.39 is 29.0 Å². The Kier molecular flexibility index (Phi) is 7.33. The Hall–Kier alpha value is -3.73. The average Bonchev–Trinajstić information content (AvgIpc) is 3.22. The highest BCUT2D eigenvalue weighted by Crippen LogP contribution is 2.45. The molecule has 0 aromatic heterocycles. The third kappa shape index (κ3) is 5.72. The minimum absolute atomic E-state index is 0.0531. The summed E-state index contributed by atoms with van der Waals surface area (Å²) in [7, 11) is -3.95. The van der Waals surface area contributed by atoms with Crippen LogP contribution in [0.1, 0.15) is 30.9 Å². The van der Waals surface area contributed by atoms with Crippen LogP contribution >= 0.6 is 0 Å². The van der Waals surface area contributed by atoms with Crippen molar-refractivity contribution in [1.82, 2.24) is 0 Å². The van der Waals surface area contributed by atoms with Crippen molar-refractivity contribution in [2.75, 3.05) is 17.5 Å². The van der Waals surface area contributed by atoms with Crippen LogP contribution in [0.4, 0.5) is 18.9 Å². The third-order valence-corrected chi connectivity index (χ3v) is 8.15. The van der Waals surface area contributed by atoms with E-state index in [1.165, 1.54) is 46.8 Å². The Balaban J connectivity index is 1.66. The normalized spacial score (nSPS) is 15.4. The molecule has 0 saturated heterocycles. The number of aliphatic carboxylic acids is 1. The van der Waals surface area contributed by atoms with Gasteiger partial charge in [0.2, 0.25) is 0 Å². The quantitative estimate of drug-likeness (QED) is 0.372.